The summed E-state index contributed by atoms with van der Waals surface area (Å²) in [6.45, 7) is 13.3. The van der Waals surface area contributed by atoms with Gasteiger partial charge in [0.05, 0.1) is 37.0 Å². The number of pyridine rings is 2. The zero-order valence-corrected chi connectivity index (χ0v) is 22.6. The number of hydrogen-bond acceptors (Lipinski definition) is 4. The molecule has 186 valence electrons. The zero-order valence-electron chi connectivity index (χ0n) is 22.6. The number of benzene rings is 2. The van der Waals surface area contributed by atoms with Crippen molar-refractivity contribution in [2.24, 2.45) is 0 Å². The summed E-state index contributed by atoms with van der Waals surface area (Å²) >= 11 is 0. The minimum absolute atomic E-state index is 0.0230. The van der Waals surface area contributed by atoms with E-state index >= 15 is 0 Å². The molecule has 4 nitrogen and oxygen atoms in total. The highest BCUT2D eigenvalue weighted by Crippen LogP contribution is 2.36. The lowest BCUT2D eigenvalue weighted by atomic mass is 9.85. The van der Waals surface area contributed by atoms with Gasteiger partial charge in [-0.2, -0.15) is 0 Å². The molecule has 0 saturated heterocycles. The molecule has 0 aliphatic heterocycles. The third kappa shape index (κ3) is 5.28. The first-order valence-corrected chi connectivity index (χ1v) is 12.3. The van der Waals surface area contributed by atoms with Crippen molar-refractivity contribution in [1.82, 2.24) is 9.97 Å². The first kappa shape index (κ1) is 25.4. The van der Waals surface area contributed by atoms with Crippen molar-refractivity contribution < 1.29 is 9.47 Å². The summed E-state index contributed by atoms with van der Waals surface area (Å²) in [5, 5.41) is 0. The second-order valence-corrected chi connectivity index (χ2v) is 11.1. The number of aromatic nitrogens is 2. The van der Waals surface area contributed by atoms with E-state index in [1.165, 1.54) is 11.1 Å². The molecule has 2 aromatic heterocycles. The second-order valence-electron chi connectivity index (χ2n) is 11.1. The Morgan fingerprint density at radius 3 is 1.19 bits per heavy atom. The molecule has 0 radical (unpaired) electrons. The molecule has 0 saturated carbocycles. The van der Waals surface area contributed by atoms with Gasteiger partial charge >= 0.3 is 0 Å². The molecule has 0 atom stereocenters. The van der Waals surface area contributed by atoms with Crippen molar-refractivity contribution in [3.05, 3.63) is 83.9 Å². The topological polar surface area (TPSA) is 44.2 Å². The van der Waals surface area contributed by atoms with Crippen LogP contribution in [0.1, 0.15) is 52.7 Å². The Bertz CT molecular complexity index is 1270. The van der Waals surface area contributed by atoms with E-state index in [4.69, 9.17) is 19.4 Å². The molecule has 4 heteroatoms. The van der Waals surface area contributed by atoms with Gasteiger partial charge in [-0.3, -0.25) is 0 Å². The first-order valence-electron chi connectivity index (χ1n) is 12.3. The van der Waals surface area contributed by atoms with Crippen LogP contribution in [0, 0.1) is 0 Å². The van der Waals surface area contributed by atoms with Gasteiger partial charge < -0.3 is 9.47 Å². The highest BCUT2D eigenvalue weighted by molar-refractivity contribution is 5.73. The Morgan fingerprint density at radius 1 is 0.500 bits per heavy atom. The van der Waals surface area contributed by atoms with E-state index < -0.39 is 0 Å². The predicted molar refractivity (Wildman–Crippen MR) is 149 cm³/mol. The minimum atomic E-state index is 0.0230. The Balaban J connectivity index is 1.80. The Kier molecular flexibility index (Phi) is 6.90. The van der Waals surface area contributed by atoms with Crippen molar-refractivity contribution in [2.45, 2.75) is 52.4 Å². The van der Waals surface area contributed by atoms with Crippen LogP contribution in [-0.4, -0.2) is 24.2 Å². The van der Waals surface area contributed by atoms with Crippen molar-refractivity contribution in [1.29, 1.82) is 0 Å². The normalized spacial score (nSPS) is 11.9. The van der Waals surface area contributed by atoms with Gasteiger partial charge in [0.2, 0.25) is 0 Å². The van der Waals surface area contributed by atoms with Crippen molar-refractivity contribution in [3.63, 3.8) is 0 Å². The molecular weight excluding hydrogens is 444 g/mol. The molecule has 36 heavy (non-hydrogen) atoms. The van der Waals surface area contributed by atoms with Crippen LogP contribution in [0.25, 0.3) is 33.9 Å². The van der Waals surface area contributed by atoms with Gasteiger partial charge in [0, 0.05) is 11.1 Å². The highest BCUT2D eigenvalue weighted by atomic mass is 16.5. The summed E-state index contributed by atoms with van der Waals surface area (Å²) < 4.78 is 11.4. The fraction of sp³-hybridized carbons (Fsp3) is 0.312. The molecule has 4 rings (SSSR count). The SMILES string of the molecule is COc1ccc(C(C)(C)C)cc1-c1cccc(-c2cccc(-c3cc(C(C)(C)C)ccc3OC)n2)n1. The highest BCUT2D eigenvalue weighted by Gasteiger charge is 2.19. The maximum Gasteiger partial charge on any atom is 0.128 e. The number of methoxy groups -OCH3 is 2. The third-order valence-corrected chi connectivity index (χ3v) is 6.44. The Labute approximate surface area is 215 Å². The molecule has 0 aliphatic carbocycles. The zero-order chi connectivity index (χ0) is 26.1. The molecule has 0 spiro atoms. The molecule has 0 aliphatic rings. The number of ether oxygens (including phenoxy) is 2. The van der Waals surface area contributed by atoms with Crippen LogP contribution in [0.3, 0.4) is 0 Å². The summed E-state index contributed by atoms with van der Waals surface area (Å²) in [7, 11) is 3.40. The van der Waals surface area contributed by atoms with Crippen molar-refractivity contribution in [2.75, 3.05) is 14.2 Å². The molecule has 4 aromatic rings. The van der Waals surface area contributed by atoms with Gasteiger partial charge in [-0.25, -0.2) is 9.97 Å². The monoisotopic (exact) mass is 480 g/mol. The van der Waals surface area contributed by atoms with Gasteiger partial charge in [-0.05, 0) is 70.5 Å². The molecule has 2 aromatic carbocycles. The van der Waals surface area contributed by atoms with E-state index in [1.54, 1.807) is 14.2 Å². The van der Waals surface area contributed by atoms with Crippen LogP contribution in [0.5, 0.6) is 11.5 Å². The van der Waals surface area contributed by atoms with E-state index in [0.717, 1.165) is 45.4 Å². The van der Waals surface area contributed by atoms with Gasteiger partial charge in [0.25, 0.3) is 0 Å². The van der Waals surface area contributed by atoms with Crippen LogP contribution in [0.4, 0.5) is 0 Å². The van der Waals surface area contributed by atoms with Gasteiger partial charge in [0.15, 0.2) is 0 Å². The van der Waals surface area contributed by atoms with E-state index in [2.05, 4.69) is 65.8 Å². The summed E-state index contributed by atoms with van der Waals surface area (Å²) in [5.74, 6) is 1.61. The summed E-state index contributed by atoms with van der Waals surface area (Å²) in [5.41, 5.74) is 7.79. The van der Waals surface area contributed by atoms with Crippen LogP contribution in [0.15, 0.2) is 72.8 Å². The third-order valence-electron chi connectivity index (χ3n) is 6.44. The Hall–Kier alpha value is -3.66. The standard InChI is InChI=1S/C32H36N2O2/c1-31(2,3)21-15-17-29(35-7)23(19-21)25-11-9-13-27(33-25)28-14-10-12-26(34-28)24-20-22(32(4,5)6)16-18-30(24)36-8/h9-20H,1-8H3. The van der Waals surface area contributed by atoms with Crippen LogP contribution in [0.2, 0.25) is 0 Å². The lowest BCUT2D eigenvalue weighted by Crippen LogP contribution is -2.11. The maximum atomic E-state index is 5.68. The van der Waals surface area contributed by atoms with Crippen molar-refractivity contribution >= 4 is 0 Å². The summed E-state index contributed by atoms with van der Waals surface area (Å²) in [6, 6.07) is 24.7. The van der Waals surface area contributed by atoms with Crippen LogP contribution >= 0.6 is 0 Å². The molecular formula is C32H36N2O2. The molecule has 0 amide bonds. The minimum Gasteiger partial charge on any atom is -0.496 e. The van der Waals surface area contributed by atoms with E-state index in [-0.39, 0.29) is 10.8 Å². The molecule has 0 unspecified atom stereocenters. The predicted octanol–water partition coefficient (Wildman–Crippen LogP) is 8.09. The van der Waals surface area contributed by atoms with Gasteiger partial charge in [-0.1, -0.05) is 65.8 Å². The smallest absolute Gasteiger partial charge is 0.128 e. The van der Waals surface area contributed by atoms with Gasteiger partial charge in [-0.15, -0.1) is 0 Å². The maximum absolute atomic E-state index is 5.68. The molecule has 2 heterocycles. The largest absolute Gasteiger partial charge is 0.496 e. The second kappa shape index (κ2) is 9.77. The van der Waals surface area contributed by atoms with E-state index in [9.17, 15) is 0 Å². The lowest BCUT2D eigenvalue weighted by Gasteiger charge is -2.21. The fourth-order valence-electron chi connectivity index (χ4n) is 4.20. The fourth-order valence-corrected chi connectivity index (χ4v) is 4.20. The molecule has 0 bridgehead atoms. The average molecular weight is 481 g/mol. The summed E-state index contributed by atoms with van der Waals surface area (Å²) in [4.78, 5) is 10.0. The number of rotatable bonds is 5. The molecule has 0 fully saturated rings. The van der Waals surface area contributed by atoms with E-state index in [1.807, 2.05) is 48.5 Å². The number of hydrogen-bond donors (Lipinski definition) is 0. The average Bonchev–Trinajstić information content (AvgIpc) is 2.87. The van der Waals surface area contributed by atoms with Crippen LogP contribution < -0.4 is 9.47 Å². The molecule has 0 N–H and O–H groups in total. The van der Waals surface area contributed by atoms with E-state index in [0.29, 0.717) is 0 Å². The Morgan fingerprint density at radius 2 is 0.861 bits per heavy atom. The number of nitrogens with zero attached hydrogens (tertiary/aromatic N) is 2. The quantitative estimate of drug-likeness (QED) is 0.289. The summed E-state index contributed by atoms with van der Waals surface area (Å²) in [6.07, 6.45) is 0. The first-order chi connectivity index (χ1) is 17.0. The van der Waals surface area contributed by atoms with Crippen molar-refractivity contribution in [3.8, 4) is 45.4 Å². The van der Waals surface area contributed by atoms with Crippen LogP contribution in [-0.2, 0) is 10.8 Å². The lowest BCUT2D eigenvalue weighted by molar-refractivity contribution is 0.415. The van der Waals surface area contributed by atoms with Gasteiger partial charge in [0.1, 0.15) is 11.5 Å².